The number of morpholine rings is 1. The number of guanidine groups is 1. The lowest BCUT2D eigenvalue weighted by molar-refractivity contribution is -0.138. The van der Waals surface area contributed by atoms with Crippen LogP contribution in [0.2, 0.25) is 0 Å². The van der Waals surface area contributed by atoms with E-state index in [2.05, 4.69) is 15.5 Å². The number of nitrogens with zero attached hydrogens (tertiary/aromatic N) is 3. The summed E-state index contributed by atoms with van der Waals surface area (Å²) in [7, 11) is 3.68. The highest BCUT2D eigenvalue weighted by Crippen LogP contribution is 2.39. The molecule has 0 bridgehead atoms. The molecule has 2 heterocycles. The average Bonchev–Trinajstić information content (AvgIpc) is 3.44. The summed E-state index contributed by atoms with van der Waals surface area (Å²) >= 11 is 0. The summed E-state index contributed by atoms with van der Waals surface area (Å²) in [5.41, 5.74) is -0.358. The first kappa shape index (κ1) is 22.6. The van der Waals surface area contributed by atoms with Crippen LogP contribution in [0.15, 0.2) is 27.8 Å². The Morgan fingerprint density at radius 1 is 1.20 bits per heavy atom. The van der Waals surface area contributed by atoms with Gasteiger partial charge in [0.2, 0.25) is 5.91 Å². The highest BCUT2D eigenvalue weighted by molar-refractivity contribution is 5.84. The van der Waals surface area contributed by atoms with Gasteiger partial charge in [0, 0.05) is 53.2 Å². The van der Waals surface area contributed by atoms with E-state index in [1.165, 1.54) is 0 Å². The Hall–Kier alpha value is -2.06. The third-order valence-electron chi connectivity index (χ3n) is 6.03. The molecule has 30 heavy (non-hydrogen) atoms. The van der Waals surface area contributed by atoms with Crippen LogP contribution in [-0.2, 0) is 16.0 Å². The van der Waals surface area contributed by atoms with E-state index >= 15 is 0 Å². The molecule has 8 nitrogen and oxygen atoms in total. The third-order valence-corrected chi connectivity index (χ3v) is 6.03. The molecule has 0 atom stereocenters. The maximum atomic E-state index is 12.9. The van der Waals surface area contributed by atoms with Gasteiger partial charge in [0.15, 0.2) is 5.96 Å². The van der Waals surface area contributed by atoms with E-state index in [9.17, 15) is 4.79 Å². The molecule has 1 aromatic rings. The summed E-state index contributed by atoms with van der Waals surface area (Å²) in [5, 5.41) is 6.87. The molecule has 0 radical (unpaired) electrons. The van der Waals surface area contributed by atoms with Gasteiger partial charge in [-0.15, -0.1) is 0 Å². The van der Waals surface area contributed by atoms with Crippen molar-refractivity contribution in [1.29, 1.82) is 0 Å². The molecule has 8 heteroatoms. The number of nitrogens with one attached hydrogen (secondary N) is 2. The molecule has 3 rings (SSSR count). The molecule has 2 fully saturated rings. The first-order valence-corrected chi connectivity index (χ1v) is 11.2. The van der Waals surface area contributed by atoms with Gasteiger partial charge in [0.05, 0.1) is 31.4 Å². The van der Waals surface area contributed by atoms with Crippen LogP contribution in [0.3, 0.4) is 0 Å². The smallest absolute Gasteiger partial charge is 0.230 e. The van der Waals surface area contributed by atoms with E-state index in [1.54, 1.807) is 11.2 Å². The largest absolute Gasteiger partial charge is 0.469 e. The van der Waals surface area contributed by atoms with Crippen LogP contribution in [-0.4, -0.2) is 88.2 Å². The summed E-state index contributed by atoms with van der Waals surface area (Å²) in [4.78, 5) is 21.8. The topological polar surface area (TPSA) is 82.3 Å². The van der Waals surface area contributed by atoms with Gasteiger partial charge in [-0.05, 0) is 25.0 Å². The van der Waals surface area contributed by atoms with Crippen LogP contribution in [0.25, 0.3) is 0 Å². The molecule has 168 valence electrons. The summed E-state index contributed by atoms with van der Waals surface area (Å²) in [6.07, 6.45) is 6.52. The van der Waals surface area contributed by atoms with Crippen molar-refractivity contribution in [2.45, 2.75) is 32.1 Å². The molecule has 1 aromatic heterocycles. The lowest BCUT2D eigenvalue weighted by atomic mass is 9.85. The summed E-state index contributed by atoms with van der Waals surface area (Å²) in [6, 6.07) is 3.88. The first-order valence-electron chi connectivity index (χ1n) is 11.2. The van der Waals surface area contributed by atoms with Crippen molar-refractivity contribution in [2.75, 3.05) is 66.6 Å². The molecule has 0 spiro atoms. The predicted octanol–water partition coefficient (Wildman–Crippen LogP) is 1.34. The molecule has 1 amide bonds. The van der Waals surface area contributed by atoms with E-state index in [4.69, 9.17) is 14.1 Å². The van der Waals surface area contributed by atoms with Gasteiger partial charge in [-0.1, -0.05) is 12.8 Å². The molecule has 2 N–H and O–H groups in total. The lowest BCUT2D eigenvalue weighted by Crippen LogP contribution is -2.46. The highest BCUT2D eigenvalue weighted by Gasteiger charge is 2.42. The molecule has 1 saturated heterocycles. The number of amides is 1. The zero-order valence-corrected chi connectivity index (χ0v) is 18.5. The molecule has 1 aliphatic carbocycles. The second kappa shape index (κ2) is 11.4. The maximum Gasteiger partial charge on any atom is 0.230 e. The van der Waals surface area contributed by atoms with Gasteiger partial charge in [0.25, 0.3) is 0 Å². The van der Waals surface area contributed by atoms with Gasteiger partial charge in [-0.25, -0.2) is 0 Å². The molecule has 0 unspecified atom stereocenters. The molecule has 2 aliphatic rings. The van der Waals surface area contributed by atoms with Crippen molar-refractivity contribution in [1.82, 2.24) is 20.4 Å². The minimum absolute atomic E-state index is 0.201. The van der Waals surface area contributed by atoms with Crippen molar-refractivity contribution < 1.29 is 13.9 Å². The summed E-state index contributed by atoms with van der Waals surface area (Å²) in [5.74, 6) is 1.92. The normalized spacial score (nSPS) is 19.6. The third kappa shape index (κ3) is 6.47. The number of hydrogen-bond acceptors (Lipinski definition) is 5. The van der Waals surface area contributed by atoms with Crippen LogP contribution in [0.4, 0.5) is 0 Å². The maximum absolute atomic E-state index is 12.9. The fraction of sp³-hybridized carbons (Fsp3) is 0.727. The van der Waals surface area contributed by atoms with Crippen LogP contribution < -0.4 is 10.6 Å². The zero-order valence-electron chi connectivity index (χ0n) is 18.5. The van der Waals surface area contributed by atoms with Crippen molar-refractivity contribution in [3.63, 3.8) is 0 Å². The Morgan fingerprint density at radius 2 is 1.93 bits per heavy atom. The number of carbonyl (C=O) groups is 1. The molecular weight excluding hydrogens is 382 g/mol. The number of aliphatic imine (C=N–C) groups is 1. The quantitative estimate of drug-likeness (QED) is 0.464. The monoisotopic (exact) mass is 419 g/mol. The van der Waals surface area contributed by atoms with Crippen molar-refractivity contribution in [3.8, 4) is 0 Å². The number of carbonyl (C=O) groups excluding carboxylic acids is 1. The molecular formula is C22H37N5O3. The van der Waals surface area contributed by atoms with Crippen LogP contribution in [0, 0.1) is 5.41 Å². The number of rotatable bonds is 9. The van der Waals surface area contributed by atoms with Gasteiger partial charge in [-0.2, -0.15) is 0 Å². The lowest BCUT2D eigenvalue weighted by Gasteiger charge is -2.29. The van der Waals surface area contributed by atoms with Crippen LogP contribution >= 0.6 is 0 Å². The fourth-order valence-electron chi connectivity index (χ4n) is 4.29. The standard InChI is InChI=1S/C22H37N5O3/c1-26(2)20(28)22(8-3-4-9-22)18-25-21(23-10-7-19-6-5-15-30-19)24-11-12-27-13-16-29-17-14-27/h5-6,15H,3-4,7-14,16-18H2,1-2H3,(H2,23,24,25). The molecule has 1 saturated carbocycles. The van der Waals surface area contributed by atoms with Crippen molar-refractivity contribution in [2.24, 2.45) is 10.4 Å². The summed E-state index contributed by atoms with van der Waals surface area (Å²) in [6.45, 7) is 6.56. The first-order chi connectivity index (χ1) is 14.6. The van der Waals surface area contributed by atoms with E-state index in [1.807, 2.05) is 26.2 Å². The minimum Gasteiger partial charge on any atom is -0.469 e. The van der Waals surface area contributed by atoms with E-state index in [0.717, 1.165) is 89.8 Å². The molecule has 1 aliphatic heterocycles. The second-order valence-corrected chi connectivity index (χ2v) is 8.49. The molecule has 0 aromatic carbocycles. The van der Waals surface area contributed by atoms with Gasteiger partial charge < -0.3 is 24.7 Å². The van der Waals surface area contributed by atoms with E-state index < -0.39 is 0 Å². The van der Waals surface area contributed by atoms with Crippen molar-refractivity contribution in [3.05, 3.63) is 24.2 Å². The van der Waals surface area contributed by atoms with Gasteiger partial charge in [-0.3, -0.25) is 14.7 Å². The van der Waals surface area contributed by atoms with Gasteiger partial charge >= 0.3 is 0 Å². The van der Waals surface area contributed by atoms with Crippen molar-refractivity contribution >= 4 is 11.9 Å². The number of hydrogen-bond donors (Lipinski definition) is 2. The van der Waals surface area contributed by atoms with Crippen LogP contribution in [0.1, 0.15) is 31.4 Å². The van der Waals surface area contributed by atoms with Gasteiger partial charge in [0.1, 0.15) is 5.76 Å². The average molecular weight is 420 g/mol. The fourth-order valence-corrected chi connectivity index (χ4v) is 4.29. The Labute approximate surface area is 180 Å². The Morgan fingerprint density at radius 3 is 2.60 bits per heavy atom. The highest BCUT2D eigenvalue weighted by atomic mass is 16.5. The van der Waals surface area contributed by atoms with E-state index in [0.29, 0.717) is 6.54 Å². The van der Waals surface area contributed by atoms with Crippen LogP contribution in [0.5, 0.6) is 0 Å². The summed E-state index contributed by atoms with van der Waals surface area (Å²) < 4.78 is 10.8. The number of furan rings is 1. The zero-order chi connectivity index (χ0) is 21.2. The van der Waals surface area contributed by atoms with E-state index in [-0.39, 0.29) is 11.3 Å². The second-order valence-electron chi connectivity index (χ2n) is 8.49. The Bertz CT molecular complexity index is 662. The number of ether oxygens (including phenoxy) is 1. The Kier molecular flexibility index (Phi) is 8.57. The predicted molar refractivity (Wildman–Crippen MR) is 118 cm³/mol. The minimum atomic E-state index is -0.358. The SMILES string of the molecule is CN(C)C(=O)C1(CN=C(NCCc2ccco2)NCCN2CCOCC2)CCCC1. The Balaban J connectivity index is 1.58.